The van der Waals surface area contributed by atoms with Crippen molar-refractivity contribution in [1.29, 1.82) is 0 Å². The molecule has 0 radical (unpaired) electrons. The predicted molar refractivity (Wildman–Crippen MR) is 79.5 cm³/mol. The average molecular weight is 329 g/mol. The van der Waals surface area contributed by atoms with Crippen LogP contribution >= 0.6 is 15.9 Å². The molecule has 1 N–H and O–H groups in total. The Morgan fingerprint density at radius 2 is 2.16 bits per heavy atom. The van der Waals surface area contributed by atoms with Crippen LogP contribution in [0.15, 0.2) is 22.7 Å². The smallest absolute Gasteiger partial charge is 0.137 e. The van der Waals surface area contributed by atoms with Gasteiger partial charge in [0.2, 0.25) is 0 Å². The number of hydrogen-bond acceptors (Lipinski definition) is 1. The van der Waals surface area contributed by atoms with Gasteiger partial charge in [0, 0.05) is 6.42 Å². The van der Waals surface area contributed by atoms with E-state index in [2.05, 4.69) is 29.8 Å². The molecule has 2 atom stereocenters. The van der Waals surface area contributed by atoms with E-state index in [-0.39, 0.29) is 5.82 Å². The minimum absolute atomic E-state index is 0.252. The van der Waals surface area contributed by atoms with E-state index >= 15 is 0 Å². The summed E-state index contributed by atoms with van der Waals surface area (Å²) in [6, 6.07) is 5.06. The molecule has 1 saturated carbocycles. The largest absolute Gasteiger partial charge is 0.389 e. The molecule has 0 heterocycles. The summed E-state index contributed by atoms with van der Waals surface area (Å²) in [4.78, 5) is 0. The molecular weight excluding hydrogens is 307 g/mol. The van der Waals surface area contributed by atoms with Gasteiger partial charge in [-0.25, -0.2) is 4.39 Å². The molecular formula is C16H22BrFO. The molecule has 0 spiro atoms. The summed E-state index contributed by atoms with van der Waals surface area (Å²) in [7, 11) is 0. The fourth-order valence-corrected chi connectivity index (χ4v) is 3.84. The Morgan fingerprint density at radius 1 is 1.42 bits per heavy atom. The molecule has 1 fully saturated rings. The van der Waals surface area contributed by atoms with Gasteiger partial charge in [0.15, 0.2) is 0 Å². The normalized spacial score (nSPS) is 27.8. The highest BCUT2D eigenvalue weighted by atomic mass is 79.9. The maximum Gasteiger partial charge on any atom is 0.137 e. The van der Waals surface area contributed by atoms with Gasteiger partial charge in [0.25, 0.3) is 0 Å². The van der Waals surface area contributed by atoms with E-state index < -0.39 is 5.60 Å². The summed E-state index contributed by atoms with van der Waals surface area (Å²) >= 11 is 3.30. The molecule has 19 heavy (non-hydrogen) atoms. The van der Waals surface area contributed by atoms with Crippen molar-refractivity contribution in [1.82, 2.24) is 0 Å². The van der Waals surface area contributed by atoms with Crippen molar-refractivity contribution in [2.24, 2.45) is 11.8 Å². The van der Waals surface area contributed by atoms with E-state index in [1.165, 1.54) is 12.5 Å². The second-order valence-electron chi connectivity index (χ2n) is 6.09. The van der Waals surface area contributed by atoms with Crippen LogP contribution in [0.3, 0.4) is 0 Å². The first-order valence-corrected chi connectivity index (χ1v) is 7.88. The third-order valence-electron chi connectivity index (χ3n) is 4.40. The molecule has 106 valence electrons. The molecule has 0 bridgehead atoms. The monoisotopic (exact) mass is 328 g/mol. The Morgan fingerprint density at radius 3 is 2.84 bits per heavy atom. The molecule has 0 aromatic heterocycles. The second kappa shape index (κ2) is 5.92. The molecule has 1 aliphatic carbocycles. The zero-order chi connectivity index (χ0) is 14.0. The molecule has 1 aromatic carbocycles. The van der Waals surface area contributed by atoms with E-state index in [0.717, 1.165) is 24.8 Å². The van der Waals surface area contributed by atoms with E-state index in [9.17, 15) is 9.50 Å². The lowest BCUT2D eigenvalue weighted by Crippen LogP contribution is -2.45. The van der Waals surface area contributed by atoms with E-state index in [1.807, 2.05) is 6.07 Å². The van der Waals surface area contributed by atoms with Crippen LogP contribution in [0.5, 0.6) is 0 Å². The van der Waals surface area contributed by atoms with Gasteiger partial charge in [0.05, 0.1) is 10.1 Å². The van der Waals surface area contributed by atoms with Gasteiger partial charge in [-0.1, -0.05) is 38.8 Å². The van der Waals surface area contributed by atoms with Crippen LogP contribution in [-0.4, -0.2) is 10.7 Å². The van der Waals surface area contributed by atoms with Crippen LogP contribution in [0.25, 0.3) is 0 Å². The Bertz CT molecular complexity index is 446. The minimum atomic E-state index is -0.692. The van der Waals surface area contributed by atoms with Crippen molar-refractivity contribution in [3.63, 3.8) is 0 Å². The van der Waals surface area contributed by atoms with E-state index in [0.29, 0.717) is 22.7 Å². The van der Waals surface area contributed by atoms with Crippen molar-refractivity contribution >= 4 is 15.9 Å². The summed E-state index contributed by atoms with van der Waals surface area (Å²) in [6.07, 6.45) is 4.68. The van der Waals surface area contributed by atoms with Crippen molar-refractivity contribution < 1.29 is 9.50 Å². The van der Waals surface area contributed by atoms with Crippen molar-refractivity contribution in [3.8, 4) is 0 Å². The number of hydrogen-bond donors (Lipinski definition) is 1. The van der Waals surface area contributed by atoms with Crippen LogP contribution in [0, 0.1) is 17.7 Å². The van der Waals surface area contributed by atoms with Crippen LogP contribution in [0.2, 0.25) is 0 Å². The molecule has 2 rings (SSSR count). The average Bonchev–Trinajstić information content (AvgIpc) is 2.35. The quantitative estimate of drug-likeness (QED) is 0.852. The maximum atomic E-state index is 13.6. The van der Waals surface area contributed by atoms with Gasteiger partial charge < -0.3 is 5.11 Å². The molecule has 3 heteroatoms. The van der Waals surface area contributed by atoms with Gasteiger partial charge >= 0.3 is 0 Å². The Hall–Kier alpha value is -0.410. The van der Waals surface area contributed by atoms with Gasteiger partial charge in [-0.15, -0.1) is 0 Å². The second-order valence-corrected chi connectivity index (χ2v) is 6.88. The van der Waals surface area contributed by atoms with E-state index in [4.69, 9.17) is 0 Å². The SMILES string of the molecule is CC(C)C1CCCCC1(O)Cc1cccc(F)c1Br. The van der Waals surface area contributed by atoms with Crippen LogP contribution in [-0.2, 0) is 6.42 Å². The highest BCUT2D eigenvalue weighted by Gasteiger charge is 2.40. The van der Waals surface area contributed by atoms with Gasteiger partial charge in [-0.2, -0.15) is 0 Å². The topological polar surface area (TPSA) is 20.2 Å². The first kappa shape index (κ1) is 15.0. The number of benzene rings is 1. The number of rotatable bonds is 3. The third-order valence-corrected chi connectivity index (χ3v) is 5.29. The van der Waals surface area contributed by atoms with Gasteiger partial charge in [0.1, 0.15) is 5.82 Å². The third kappa shape index (κ3) is 3.19. The molecule has 2 unspecified atom stereocenters. The molecule has 0 amide bonds. The number of halogens is 2. The zero-order valence-corrected chi connectivity index (χ0v) is 13.2. The minimum Gasteiger partial charge on any atom is -0.389 e. The lowest BCUT2D eigenvalue weighted by molar-refractivity contribution is -0.0654. The summed E-state index contributed by atoms with van der Waals surface area (Å²) in [5.41, 5.74) is 0.179. The highest BCUT2D eigenvalue weighted by molar-refractivity contribution is 9.10. The lowest BCUT2D eigenvalue weighted by Gasteiger charge is -2.42. The van der Waals surface area contributed by atoms with E-state index in [1.54, 1.807) is 6.07 Å². The predicted octanol–water partition coefficient (Wildman–Crippen LogP) is 4.71. The molecule has 1 nitrogen and oxygen atoms in total. The van der Waals surface area contributed by atoms with Crippen LogP contribution < -0.4 is 0 Å². The summed E-state index contributed by atoms with van der Waals surface area (Å²) in [6.45, 7) is 4.34. The first-order chi connectivity index (χ1) is 8.94. The Labute approximate surface area is 123 Å². The molecule has 0 aliphatic heterocycles. The first-order valence-electron chi connectivity index (χ1n) is 7.09. The van der Waals surface area contributed by atoms with Gasteiger partial charge in [-0.3, -0.25) is 0 Å². The molecule has 1 aromatic rings. The summed E-state index contributed by atoms with van der Waals surface area (Å²) in [5.74, 6) is 0.507. The van der Waals surface area contributed by atoms with Crippen LogP contribution in [0.4, 0.5) is 4.39 Å². The molecule has 1 aliphatic rings. The summed E-state index contributed by atoms with van der Waals surface area (Å²) < 4.78 is 14.1. The summed E-state index contributed by atoms with van der Waals surface area (Å²) in [5, 5.41) is 11.0. The van der Waals surface area contributed by atoms with Crippen molar-refractivity contribution in [2.75, 3.05) is 0 Å². The number of aliphatic hydroxyl groups is 1. The van der Waals surface area contributed by atoms with Gasteiger partial charge in [-0.05, 0) is 52.2 Å². The van der Waals surface area contributed by atoms with Crippen LogP contribution in [0.1, 0.15) is 45.1 Å². The zero-order valence-electron chi connectivity index (χ0n) is 11.6. The fraction of sp³-hybridized carbons (Fsp3) is 0.625. The van der Waals surface area contributed by atoms with Crippen molar-refractivity contribution in [3.05, 3.63) is 34.1 Å². The standard InChI is InChI=1S/C16H22BrFO/c1-11(2)13-7-3-4-9-16(13,19)10-12-6-5-8-14(18)15(12)17/h5-6,8,11,13,19H,3-4,7,9-10H2,1-2H3. The molecule has 0 saturated heterocycles. The highest BCUT2D eigenvalue weighted by Crippen LogP contribution is 2.41. The van der Waals surface area contributed by atoms with Crippen molar-refractivity contribution in [2.45, 2.75) is 51.6 Å². The Balaban J connectivity index is 2.26. The lowest BCUT2D eigenvalue weighted by atomic mass is 9.68. The maximum absolute atomic E-state index is 13.6. The fourth-order valence-electron chi connectivity index (χ4n) is 3.44. The Kier molecular flexibility index (Phi) is 4.67.